The van der Waals surface area contributed by atoms with Crippen LogP contribution in [0.15, 0.2) is 42.7 Å². The highest BCUT2D eigenvalue weighted by Gasteiger charge is 2.05. The van der Waals surface area contributed by atoms with Crippen molar-refractivity contribution in [2.45, 2.75) is 20.0 Å². The topological polar surface area (TPSA) is 42.1 Å². The molecule has 0 saturated carbocycles. The Bertz CT molecular complexity index is 508. The number of rotatable bonds is 4. The Kier molecular flexibility index (Phi) is 3.95. The summed E-state index contributed by atoms with van der Waals surface area (Å²) in [6.45, 7) is 3.60. The van der Waals surface area contributed by atoms with E-state index in [2.05, 4.69) is 42.1 Å². The molecule has 3 nitrogen and oxygen atoms in total. The first-order chi connectivity index (χ1) is 8.70. The fraction of sp³-hybridized carbons (Fsp3) is 0.267. The van der Waals surface area contributed by atoms with Gasteiger partial charge in [0.15, 0.2) is 0 Å². The van der Waals surface area contributed by atoms with Gasteiger partial charge in [-0.3, -0.25) is 4.98 Å². The van der Waals surface area contributed by atoms with Crippen LogP contribution in [0.4, 0.5) is 5.69 Å². The summed E-state index contributed by atoms with van der Waals surface area (Å²) in [5.74, 6) is 0. The standard InChI is InChI=1S/C15H19N3/c1-12-9-14(10-16)3-4-15(12)18(2)11-13-5-7-17-8-6-13/h3-9H,10-11,16H2,1-2H3. The molecule has 1 heterocycles. The number of nitrogens with zero attached hydrogens (tertiary/aromatic N) is 2. The molecule has 0 atom stereocenters. The zero-order valence-electron chi connectivity index (χ0n) is 10.9. The largest absolute Gasteiger partial charge is 0.370 e. The van der Waals surface area contributed by atoms with Crippen molar-refractivity contribution in [1.29, 1.82) is 0 Å². The lowest BCUT2D eigenvalue weighted by Crippen LogP contribution is -2.17. The normalized spacial score (nSPS) is 10.4. The van der Waals surface area contributed by atoms with Gasteiger partial charge < -0.3 is 10.6 Å². The fourth-order valence-corrected chi connectivity index (χ4v) is 2.12. The number of aromatic nitrogens is 1. The van der Waals surface area contributed by atoms with E-state index in [1.54, 1.807) is 0 Å². The molecule has 2 N–H and O–H groups in total. The fourth-order valence-electron chi connectivity index (χ4n) is 2.12. The van der Waals surface area contributed by atoms with Gasteiger partial charge in [0.25, 0.3) is 0 Å². The number of benzene rings is 1. The van der Waals surface area contributed by atoms with E-state index in [1.165, 1.54) is 22.4 Å². The van der Waals surface area contributed by atoms with Crippen molar-refractivity contribution in [3.8, 4) is 0 Å². The average Bonchev–Trinajstić information content (AvgIpc) is 2.39. The Hall–Kier alpha value is -1.87. The van der Waals surface area contributed by atoms with Crippen molar-refractivity contribution >= 4 is 5.69 Å². The van der Waals surface area contributed by atoms with Gasteiger partial charge in [0, 0.05) is 38.2 Å². The molecule has 0 aliphatic carbocycles. The van der Waals surface area contributed by atoms with E-state index in [4.69, 9.17) is 5.73 Å². The van der Waals surface area contributed by atoms with Gasteiger partial charge in [-0.25, -0.2) is 0 Å². The van der Waals surface area contributed by atoms with Crippen LogP contribution < -0.4 is 10.6 Å². The summed E-state index contributed by atoms with van der Waals surface area (Å²) in [5, 5.41) is 0. The molecule has 0 radical (unpaired) electrons. The molecular formula is C15H19N3. The Balaban J connectivity index is 2.16. The Morgan fingerprint density at radius 1 is 1.11 bits per heavy atom. The van der Waals surface area contributed by atoms with Crippen LogP contribution in [0.3, 0.4) is 0 Å². The minimum Gasteiger partial charge on any atom is -0.370 e. The van der Waals surface area contributed by atoms with Crippen LogP contribution in [-0.2, 0) is 13.1 Å². The van der Waals surface area contributed by atoms with Crippen LogP contribution in [0.2, 0.25) is 0 Å². The van der Waals surface area contributed by atoms with Gasteiger partial charge in [-0.1, -0.05) is 12.1 Å². The second-order valence-corrected chi connectivity index (χ2v) is 4.54. The van der Waals surface area contributed by atoms with Gasteiger partial charge >= 0.3 is 0 Å². The van der Waals surface area contributed by atoms with Gasteiger partial charge in [0.05, 0.1) is 0 Å². The summed E-state index contributed by atoms with van der Waals surface area (Å²) < 4.78 is 0. The molecule has 1 aromatic carbocycles. The monoisotopic (exact) mass is 241 g/mol. The predicted molar refractivity (Wildman–Crippen MR) is 75.4 cm³/mol. The first-order valence-corrected chi connectivity index (χ1v) is 6.10. The minimum atomic E-state index is 0.592. The second kappa shape index (κ2) is 5.65. The summed E-state index contributed by atoms with van der Waals surface area (Å²) in [6.07, 6.45) is 3.65. The molecule has 0 spiro atoms. The molecule has 0 fully saturated rings. The first kappa shape index (κ1) is 12.6. The quantitative estimate of drug-likeness (QED) is 0.894. The number of nitrogens with two attached hydrogens (primary N) is 1. The third-order valence-corrected chi connectivity index (χ3v) is 3.08. The van der Waals surface area contributed by atoms with E-state index >= 15 is 0 Å². The second-order valence-electron chi connectivity index (χ2n) is 4.54. The van der Waals surface area contributed by atoms with Crippen molar-refractivity contribution in [2.24, 2.45) is 5.73 Å². The summed E-state index contributed by atoms with van der Waals surface area (Å²) in [7, 11) is 2.10. The lowest BCUT2D eigenvalue weighted by molar-refractivity contribution is 0.911. The maximum Gasteiger partial charge on any atom is 0.0427 e. The number of hydrogen-bond acceptors (Lipinski definition) is 3. The summed E-state index contributed by atoms with van der Waals surface area (Å²) in [4.78, 5) is 6.27. The molecular weight excluding hydrogens is 222 g/mol. The highest BCUT2D eigenvalue weighted by Crippen LogP contribution is 2.21. The van der Waals surface area contributed by atoms with Crippen LogP contribution in [0.25, 0.3) is 0 Å². The average molecular weight is 241 g/mol. The summed E-state index contributed by atoms with van der Waals surface area (Å²) in [5.41, 5.74) is 10.6. The maximum absolute atomic E-state index is 5.65. The zero-order chi connectivity index (χ0) is 13.0. The van der Waals surface area contributed by atoms with Crippen molar-refractivity contribution in [2.75, 3.05) is 11.9 Å². The molecule has 0 amide bonds. The first-order valence-electron chi connectivity index (χ1n) is 6.10. The van der Waals surface area contributed by atoms with E-state index in [-0.39, 0.29) is 0 Å². The van der Waals surface area contributed by atoms with Gasteiger partial charge in [-0.15, -0.1) is 0 Å². The number of aryl methyl sites for hydroxylation is 1. The van der Waals surface area contributed by atoms with Crippen LogP contribution in [0, 0.1) is 6.92 Å². The SMILES string of the molecule is Cc1cc(CN)ccc1N(C)Cc1ccncc1. The smallest absolute Gasteiger partial charge is 0.0427 e. The lowest BCUT2D eigenvalue weighted by atomic mass is 10.1. The zero-order valence-corrected chi connectivity index (χ0v) is 10.9. The molecule has 18 heavy (non-hydrogen) atoms. The molecule has 3 heteroatoms. The Morgan fingerprint density at radius 3 is 2.44 bits per heavy atom. The van der Waals surface area contributed by atoms with E-state index in [1.807, 2.05) is 24.5 Å². The van der Waals surface area contributed by atoms with Gasteiger partial charge in [-0.2, -0.15) is 0 Å². The van der Waals surface area contributed by atoms with E-state index < -0.39 is 0 Å². The minimum absolute atomic E-state index is 0.592. The highest BCUT2D eigenvalue weighted by molar-refractivity contribution is 5.54. The molecule has 0 aliphatic heterocycles. The van der Waals surface area contributed by atoms with Crippen LogP contribution in [0.5, 0.6) is 0 Å². The summed E-state index contributed by atoms with van der Waals surface area (Å²) >= 11 is 0. The van der Waals surface area contributed by atoms with Crippen molar-refractivity contribution in [3.05, 3.63) is 59.4 Å². The van der Waals surface area contributed by atoms with Crippen LogP contribution >= 0.6 is 0 Å². The van der Waals surface area contributed by atoms with E-state index in [9.17, 15) is 0 Å². The molecule has 0 bridgehead atoms. The third-order valence-electron chi connectivity index (χ3n) is 3.08. The molecule has 0 unspecified atom stereocenters. The number of pyridine rings is 1. The Morgan fingerprint density at radius 2 is 1.83 bits per heavy atom. The van der Waals surface area contributed by atoms with Crippen molar-refractivity contribution in [3.63, 3.8) is 0 Å². The van der Waals surface area contributed by atoms with Crippen LogP contribution in [-0.4, -0.2) is 12.0 Å². The molecule has 1 aromatic heterocycles. The Labute approximate surface area is 108 Å². The molecule has 2 aromatic rings. The maximum atomic E-state index is 5.65. The number of hydrogen-bond donors (Lipinski definition) is 1. The lowest BCUT2D eigenvalue weighted by Gasteiger charge is -2.22. The molecule has 94 valence electrons. The molecule has 0 aliphatic rings. The third kappa shape index (κ3) is 2.87. The van der Waals surface area contributed by atoms with Crippen LogP contribution in [0.1, 0.15) is 16.7 Å². The van der Waals surface area contributed by atoms with E-state index in [0.29, 0.717) is 6.54 Å². The number of anilines is 1. The summed E-state index contributed by atoms with van der Waals surface area (Å²) in [6, 6.07) is 10.5. The molecule has 2 rings (SSSR count). The van der Waals surface area contributed by atoms with Gasteiger partial charge in [0.1, 0.15) is 0 Å². The van der Waals surface area contributed by atoms with E-state index in [0.717, 1.165) is 6.54 Å². The van der Waals surface area contributed by atoms with Crippen molar-refractivity contribution in [1.82, 2.24) is 4.98 Å². The van der Waals surface area contributed by atoms with Crippen molar-refractivity contribution < 1.29 is 0 Å². The predicted octanol–water partition coefficient (Wildman–Crippen LogP) is 2.49. The van der Waals surface area contributed by atoms with Gasteiger partial charge in [-0.05, 0) is 41.8 Å². The molecule has 0 saturated heterocycles. The van der Waals surface area contributed by atoms with Gasteiger partial charge in [0.2, 0.25) is 0 Å². The highest BCUT2D eigenvalue weighted by atomic mass is 15.1.